The van der Waals surface area contributed by atoms with Crippen LogP contribution in [-0.2, 0) is 14.6 Å². The molecule has 8 nitrogen and oxygen atoms in total. The molecule has 1 fully saturated rings. The summed E-state index contributed by atoms with van der Waals surface area (Å²) in [5.41, 5.74) is 0.883. The van der Waals surface area contributed by atoms with Crippen molar-refractivity contribution in [2.24, 2.45) is 0 Å². The normalized spacial score (nSPS) is 15.4. The number of piperidine rings is 1. The van der Waals surface area contributed by atoms with Crippen LogP contribution in [0, 0.1) is 0 Å². The van der Waals surface area contributed by atoms with Gasteiger partial charge in [-0.3, -0.25) is 4.79 Å². The number of amides is 1. The highest BCUT2D eigenvalue weighted by Gasteiger charge is 2.24. The van der Waals surface area contributed by atoms with Crippen LogP contribution in [0.3, 0.4) is 0 Å². The van der Waals surface area contributed by atoms with Gasteiger partial charge in [0, 0.05) is 43.8 Å². The van der Waals surface area contributed by atoms with Crippen molar-refractivity contribution >= 4 is 26.6 Å². The molecular weight excluding hydrogens is 428 g/mol. The Labute approximate surface area is 188 Å². The fraction of sp³-hybridized carbons (Fsp3) is 0.391. The van der Waals surface area contributed by atoms with Crippen molar-refractivity contribution < 1.29 is 17.9 Å². The van der Waals surface area contributed by atoms with Crippen molar-refractivity contribution in [2.75, 3.05) is 40.0 Å². The highest BCUT2D eigenvalue weighted by atomic mass is 32.2. The fourth-order valence-electron chi connectivity index (χ4n) is 3.92. The van der Waals surface area contributed by atoms with E-state index >= 15 is 0 Å². The van der Waals surface area contributed by atoms with E-state index in [-0.39, 0.29) is 12.0 Å². The summed E-state index contributed by atoms with van der Waals surface area (Å²) in [7, 11) is 0.545. The van der Waals surface area contributed by atoms with Gasteiger partial charge < -0.3 is 19.1 Å². The Morgan fingerprint density at radius 3 is 2.53 bits per heavy atom. The lowest BCUT2D eigenvalue weighted by Crippen LogP contribution is -2.44. The van der Waals surface area contributed by atoms with Gasteiger partial charge in [-0.1, -0.05) is 0 Å². The fourth-order valence-corrected chi connectivity index (χ4v) is 4.58. The number of likely N-dealkylation sites (N-methyl/N-ethyl adjacent to an activating group) is 1. The van der Waals surface area contributed by atoms with E-state index in [1.165, 1.54) is 6.26 Å². The van der Waals surface area contributed by atoms with Crippen molar-refractivity contribution in [1.82, 2.24) is 19.4 Å². The maximum absolute atomic E-state index is 12.2. The first-order valence-electron chi connectivity index (χ1n) is 10.6. The van der Waals surface area contributed by atoms with Gasteiger partial charge in [0.2, 0.25) is 5.91 Å². The van der Waals surface area contributed by atoms with Crippen molar-refractivity contribution in [2.45, 2.75) is 23.8 Å². The predicted molar refractivity (Wildman–Crippen MR) is 123 cm³/mol. The molecule has 2 aromatic heterocycles. The summed E-state index contributed by atoms with van der Waals surface area (Å²) in [6.07, 6.45) is 6.44. The highest BCUT2D eigenvalue weighted by molar-refractivity contribution is 7.90. The third-order valence-electron chi connectivity index (χ3n) is 5.61. The summed E-state index contributed by atoms with van der Waals surface area (Å²) >= 11 is 0. The maximum Gasteiger partial charge on any atom is 0.236 e. The molecule has 32 heavy (non-hydrogen) atoms. The SMILES string of the molecule is CN(C)CC(=O)N1CCC(Oc2ccc(-n3ccc4cc(S(C)(=O)=O)ccc43)nc2)CC1. The van der Waals surface area contributed by atoms with Crippen LogP contribution in [0.1, 0.15) is 12.8 Å². The Balaban J connectivity index is 1.40. The number of aromatic nitrogens is 2. The van der Waals surface area contributed by atoms with Crippen molar-refractivity contribution in [3.8, 4) is 11.6 Å². The predicted octanol–water partition coefficient (Wildman–Crippen LogP) is 2.36. The third-order valence-corrected chi connectivity index (χ3v) is 6.72. The van der Waals surface area contributed by atoms with Gasteiger partial charge in [-0.05, 0) is 50.5 Å². The van der Waals surface area contributed by atoms with Crippen LogP contribution in [0.15, 0.2) is 53.7 Å². The van der Waals surface area contributed by atoms with Crippen LogP contribution in [-0.4, -0.2) is 79.8 Å². The molecule has 1 amide bonds. The zero-order chi connectivity index (χ0) is 22.9. The zero-order valence-electron chi connectivity index (χ0n) is 18.6. The van der Waals surface area contributed by atoms with E-state index in [2.05, 4.69) is 4.98 Å². The summed E-state index contributed by atoms with van der Waals surface area (Å²) in [4.78, 5) is 20.8. The van der Waals surface area contributed by atoms with Crippen molar-refractivity contribution in [3.63, 3.8) is 0 Å². The van der Waals surface area contributed by atoms with Gasteiger partial charge in [-0.25, -0.2) is 13.4 Å². The van der Waals surface area contributed by atoms with E-state index in [9.17, 15) is 13.2 Å². The Hall–Kier alpha value is -2.91. The number of rotatable bonds is 6. The number of hydrogen-bond acceptors (Lipinski definition) is 6. The number of ether oxygens (including phenoxy) is 1. The van der Waals surface area contributed by atoms with Gasteiger partial charge in [-0.15, -0.1) is 0 Å². The summed E-state index contributed by atoms with van der Waals surface area (Å²) in [6, 6.07) is 10.7. The first-order chi connectivity index (χ1) is 15.2. The summed E-state index contributed by atoms with van der Waals surface area (Å²) in [6.45, 7) is 1.84. The molecule has 0 N–H and O–H groups in total. The molecule has 1 aliphatic rings. The Kier molecular flexibility index (Phi) is 6.21. The van der Waals surface area contributed by atoms with E-state index in [4.69, 9.17) is 4.74 Å². The lowest BCUT2D eigenvalue weighted by atomic mass is 10.1. The maximum atomic E-state index is 12.2. The standard InChI is InChI=1S/C23H28N4O4S/c1-25(2)16-23(28)26-11-9-18(10-12-26)31-19-4-7-22(24-15-19)27-13-8-17-14-20(32(3,29)30)5-6-21(17)27/h4-8,13-15,18H,9-12,16H2,1-3H3. The van der Waals surface area contributed by atoms with Crippen LogP contribution in [0.4, 0.5) is 0 Å². The molecule has 0 spiro atoms. The molecule has 0 atom stereocenters. The van der Waals surface area contributed by atoms with Crippen LogP contribution in [0.2, 0.25) is 0 Å². The van der Waals surface area contributed by atoms with Gasteiger partial charge >= 0.3 is 0 Å². The van der Waals surface area contributed by atoms with E-state index in [1.807, 2.05) is 52.9 Å². The van der Waals surface area contributed by atoms with E-state index < -0.39 is 9.84 Å². The summed E-state index contributed by atoms with van der Waals surface area (Å²) in [5.74, 6) is 1.58. The van der Waals surface area contributed by atoms with Gasteiger partial charge in [0.15, 0.2) is 9.84 Å². The molecule has 1 saturated heterocycles. The number of likely N-dealkylation sites (tertiary alicyclic amines) is 1. The second kappa shape index (κ2) is 8.91. The Morgan fingerprint density at radius 1 is 1.16 bits per heavy atom. The number of benzene rings is 1. The smallest absolute Gasteiger partial charge is 0.236 e. The lowest BCUT2D eigenvalue weighted by molar-refractivity contribution is -0.133. The lowest BCUT2D eigenvalue weighted by Gasteiger charge is -2.32. The molecule has 1 aliphatic heterocycles. The van der Waals surface area contributed by atoms with Gasteiger partial charge in [0.1, 0.15) is 17.7 Å². The van der Waals surface area contributed by atoms with Crippen LogP contribution in [0.5, 0.6) is 5.75 Å². The molecule has 3 aromatic rings. The van der Waals surface area contributed by atoms with Gasteiger partial charge in [0.05, 0.1) is 23.2 Å². The number of hydrogen-bond donors (Lipinski definition) is 0. The number of fused-ring (bicyclic) bond motifs is 1. The molecule has 1 aromatic carbocycles. The molecule has 0 saturated carbocycles. The minimum Gasteiger partial charge on any atom is -0.489 e. The van der Waals surface area contributed by atoms with Crippen molar-refractivity contribution in [3.05, 3.63) is 48.8 Å². The molecule has 0 unspecified atom stereocenters. The molecule has 0 aliphatic carbocycles. The Morgan fingerprint density at radius 2 is 1.91 bits per heavy atom. The number of pyridine rings is 1. The highest BCUT2D eigenvalue weighted by Crippen LogP contribution is 2.24. The van der Waals surface area contributed by atoms with Crippen LogP contribution >= 0.6 is 0 Å². The topological polar surface area (TPSA) is 84.7 Å². The minimum atomic E-state index is -3.25. The van der Waals surface area contributed by atoms with E-state index in [0.29, 0.717) is 30.3 Å². The molecule has 170 valence electrons. The second-order valence-electron chi connectivity index (χ2n) is 8.47. The second-order valence-corrected chi connectivity index (χ2v) is 10.5. The number of carbonyl (C=O) groups excluding carboxylic acids is 1. The van der Waals surface area contributed by atoms with Crippen LogP contribution < -0.4 is 4.74 Å². The molecule has 0 bridgehead atoms. The molecule has 3 heterocycles. The molecule has 0 radical (unpaired) electrons. The monoisotopic (exact) mass is 456 g/mol. The zero-order valence-corrected chi connectivity index (χ0v) is 19.4. The van der Waals surface area contributed by atoms with Gasteiger partial charge in [0.25, 0.3) is 0 Å². The average molecular weight is 457 g/mol. The number of sulfone groups is 1. The molecule has 4 rings (SSSR count). The van der Waals surface area contributed by atoms with E-state index in [0.717, 1.165) is 29.6 Å². The van der Waals surface area contributed by atoms with Gasteiger partial charge in [-0.2, -0.15) is 0 Å². The first kappa shape index (κ1) is 22.3. The largest absolute Gasteiger partial charge is 0.489 e. The number of carbonyl (C=O) groups is 1. The minimum absolute atomic E-state index is 0.0629. The van der Waals surface area contributed by atoms with Crippen molar-refractivity contribution in [1.29, 1.82) is 0 Å². The quantitative estimate of drug-likeness (QED) is 0.566. The molecule has 9 heteroatoms. The molecular formula is C23H28N4O4S. The number of nitrogens with zero attached hydrogens (tertiary/aromatic N) is 4. The summed E-state index contributed by atoms with van der Waals surface area (Å²) < 4.78 is 31.6. The average Bonchev–Trinajstić information content (AvgIpc) is 3.17. The summed E-state index contributed by atoms with van der Waals surface area (Å²) in [5, 5.41) is 0.839. The van der Waals surface area contributed by atoms with E-state index in [1.54, 1.807) is 24.4 Å². The van der Waals surface area contributed by atoms with Crippen LogP contribution in [0.25, 0.3) is 16.7 Å². The third kappa shape index (κ3) is 4.94. The Bertz CT molecular complexity index is 1210. The first-order valence-corrected chi connectivity index (χ1v) is 12.5.